The highest BCUT2D eigenvalue weighted by atomic mass is 16.2. The molecule has 3 fully saturated rings. The number of hydrogen-bond acceptors (Lipinski definition) is 10. The second kappa shape index (κ2) is 22.8. The summed E-state index contributed by atoms with van der Waals surface area (Å²) in [5, 5.41) is 13.4. The third kappa shape index (κ3) is 10.6. The maximum absolute atomic E-state index is 14.6. The molecule has 0 spiro atoms. The summed E-state index contributed by atoms with van der Waals surface area (Å²) in [5.74, 6) is -1.18. The molecule has 3 aliphatic heterocycles. The molecule has 4 N–H and O–H groups in total. The number of fused-ring (bicyclic) bond motifs is 2. The third-order valence-electron chi connectivity index (χ3n) is 15.7. The predicted molar refractivity (Wildman–Crippen MR) is 292 cm³/mol. The maximum Gasteiger partial charge on any atom is 0.256 e. The normalized spacial score (nSPS) is 18.6. The maximum atomic E-state index is 14.6. The molecule has 3 aliphatic rings. The zero-order valence-corrected chi connectivity index (χ0v) is 45.0. The minimum Gasteiger partial charge on any atom is -0.343 e. The summed E-state index contributed by atoms with van der Waals surface area (Å²) >= 11 is 0. The van der Waals surface area contributed by atoms with Crippen molar-refractivity contribution in [3.63, 3.8) is 0 Å². The van der Waals surface area contributed by atoms with E-state index in [1.165, 1.54) is 0 Å². The number of rotatable bonds is 16. The number of likely N-dealkylation sites (N-methyl/N-ethyl adjacent to an activating group) is 2. The van der Waals surface area contributed by atoms with Gasteiger partial charge in [0.15, 0.2) is 0 Å². The number of nitrogens with zero attached hydrogens (tertiary/aromatic N) is 8. The van der Waals surface area contributed by atoms with E-state index >= 15 is 0 Å². The van der Waals surface area contributed by atoms with E-state index in [9.17, 15) is 28.8 Å². The average molecular weight is 1030 g/mol. The summed E-state index contributed by atoms with van der Waals surface area (Å²) in [5.41, 5.74) is 6.03. The first-order chi connectivity index (χ1) is 36.6. The molecule has 7 heterocycles. The van der Waals surface area contributed by atoms with Gasteiger partial charge in [-0.05, 0) is 101 Å². The molecule has 76 heavy (non-hydrogen) atoms. The van der Waals surface area contributed by atoms with Crippen LogP contribution < -0.4 is 21.3 Å². The van der Waals surface area contributed by atoms with Crippen LogP contribution in [0.2, 0.25) is 0 Å². The topological polar surface area (TPSA) is 199 Å². The van der Waals surface area contributed by atoms with E-state index in [-0.39, 0.29) is 59.4 Å². The summed E-state index contributed by atoms with van der Waals surface area (Å²) in [6.45, 7) is 13.8. The van der Waals surface area contributed by atoms with Crippen LogP contribution in [0.3, 0.4) is 0 Å². The molecule has 2 aromatic carbocycles. The number of likely N-dealkylation sites (tertiary alicyclic amines) is 2. The van der Waals surface area contributed by atoms with Crippen LogP contribution >= 0.6 is 0 Å². The van der Waals surface area contributed by atoms with E-state index in [4.69, 9.17) is 0 Å². The molecule has 400 valence electrons. The van der Waals surface area contributed by atoms with Gasteiger partial charge >= 0.3 is 0 Å². The van der Waals surface area contributed by atoms with Gasteiger partial charge in [0.2, 0.25) is 23.6 Å². The molecule has 0 bridgehead atoms. The molecule has 9 rings (SSSR count). The Hall–Kier alpha value is -7.44. The van der Waals surface area contributed by atoms with Gasteiger partial charge in [0, 0.05) is 74.8 Å². The van der Waals surface area contributed by atoms with E-state index in [2.05, 4.69) is 31.2 Å². The molecule has 0 radical (unpaired) electrons. The van der Waals surface area contributed by atoms with Crippen molar-refractivity contribution in [3.8, 4) is 11.4 Å². The number of nitrogens with one attached hydrogen (secondary N) is 4. The molecule has 6 aromatic rings. The van der Waals surface area contributed by atoms with E-state index in [0.717, 1.165) is 70.0 Å². The van der Waals surface area contributed by atoms with E-state index in [0.29, 0.717) is 50.4 Å². The van der Waals surface area contributed by atoms with Crippen molar-refractivity contribution in [3.05, 3.63) is 120 Å². The number of amides is 6. The van der Waals surface area contributed by atoms with Crippen molar-refractivity contribution < 1.29 is 28.8 Å². The first-order valence-electron chi connectivity index (χ1n) is 26.9. The van der Waals surface area contributed by atoms with Gasteiger partial charge in [-0.2, -0.15) is 0 Å². The molecular weight excluding hydrogens is 961 g/mol. The standard InChI is InChI=1S/C58H72N12O6/c1-35(2)51(63-53(71)37(5)59-7)57(75)67-21-13-19-47(67)39-27-41(31-61-29-39)69-33-45(43-15-9-11-17-49(43)69)55(73)65-23-25-66(26-24-65)56(74)46-34-70(50-18-12-10-16-44(46)50)42-28-40(30-62-32-42)48-20-14-22-68(48)58(76)52(36(3)4)64-54(72)38(6)60-8/h9-12,15-18,27-38,47-48,51-52,59-60H,13-14,19-26H2,1-8H3,(H,63,71)(H,64,72)/t37-,38-,47-,48-,51-,52-/m0/s1. The third-order valence-corrected chi connectivity index (χ3v) is 15.7. The van der Waals surface area contributed by atoms with Crippen molar-refractivity contribution in [1.29, 1.82) is 0 Å². The van der Waals surface area contributed by atoms with Crippen LogP contribution in [-0.2, 0) is 19.2 Å². The summed E-state index contributed by atoms with van der Waals surface area (Å²) in [6.07, 6.45) is 14.0. The van der Waals surface area contributed by atoms with Crippen LogP contribution in [0.4, 0.5) is 0 Å². The zero-order chi connectivity index (χ0) is 53.9. The quantitative estimate of drug-likeness (QED) is 0.0921. The lowest BCUT2D eigenvalue weighted by Crippen LogP contribution is -2.54. The number of piperazine rings is 1. The van der Waals surface area contributed by atoms with Crippen LogP contribution in [0.25, 0.3) is 33.2 Å². The Morgan fingerprint density at radius 2 is 0.908 bits per heavy atom. The Balaban J connectivity index is 0.901. The number of para-hydroxylation sites is 2. The summed E-state index contributed by atoms with van der Waals surface area (Å²) in [4.78, 5) is 99.9. The minimum atomic E-state index is -0.675. The van der Waals surface area contributed by atoms with E-state index < -0.39 is 24.2 Å². The zero-order valence-electron chi connectivity index (χ0n) is 45.0. The Morgan fingerprint density at radius 3 is 1.28 bits per heavy atom. The highest BCUT2D eigenvalue weighted by Gasteiger charge is 2.39. The van der Waals surface area contributed by atoms with Gasteiger partial charge in [0.1, 0.15) is 12.1 Å². The molecule has 0 saturated carbocycles. The van der Waals surface area contributed by atoms with Gasteiger partial charge < -0.3 is 50.0 Å². The average Bonchev–Trinajstić information content (AvgIpc) is 4.29. The minimum absolute atomic E-state index is 0.116. The van der Waals surface area contributed by atoms with Gasteiger partial charge in [0.25, 0.3) is 11.8 Å². The van der Waals surface area contributed by atoms with Crippen molar-refractivity contribution in [1.82, 2.24) is 60.0 Å². The lowest BCUT2D eigenvalue weighted by atomic mass is 10.00. The number of hydrogen-bond donors (Lipinski definition) is 4. The fraction of sp³-hybridized carbons (Fsp3) is 0.448. The fourth-order valence-corrected chi connectivity index (χ4v) is 11.1. The van der Waals surface area contributed by atoms with Crippen LogP contribution in [0.15, 0.2) is 97.8 Å². The Kier molecular flexibility index (Phi) is 16.0. The first kappa shape index (κ1) is 53.4. The molecule has 3 saturated heterocycles. The molecule has 18 nitrogen and oxygen atoms in total. The monoisotopic (exact) mass is 1030 g/mol. The lowest BCUT2D eigenvalue weighted by Gasteiger charge is -2.34. The highest BCUT2D eigenvalue weighted by Crippen LogP contribution is 2.37. The Morgan fingerprint density at radius 1 is 0.526 bits per heavy atom. The van der Waals surface area contributed by atoms with E-state index in [1.807, 2.05) is 129 Å². The van der Waals surface area contributed by atoms with Gasteiger partial charge in [-0.15, -0.1) is 0 Å². The van der Waals surface area contributed by atoms with Crippen LogP contribution in [0, 0.1) is 11.8 Å². The van der Waals surface area contributed by atoms with Crippen LogP contribution in [0.1, 0.15) is 111 Å². The van der Waals surface area contributed by atoms with Crippen LogP contribution in [0.5, 0.6) is 0 Å². The van der Waals surface area contributed by atoms with Crippen molar-refractivity contribution in [2.45, 2.75) is 103 Å². The second-order valence-electron chi connectivity index (χ2n) is 21.3. The number of carbonyl (C=O) groups is 6. The largest absolute Gasteiger partial charge is 0.343 e. The number of aromatic nitrogens is 4. The SMILES string of the molecule is CN[C@@H](C)C(=O)N[C@H](C(=O)N1CCC[C@H]1c1cncc(-n2cc(C(=O)N3CCN(C(=O)c4cn(-c5cncc([C@@H]6CCCN6C(=O)[C@@H](NC(=O)[C@H](C)NC)C(C)C)c5)c5ccccc45)CC3)c3ccccc32)c1)C(C)C. The van der Waals surface area contributed by atoms with Crippen molar-refractivity contribution in [2.75, 3.05) is 53.4 Å². The predicted octanol–water partition coefficient (Wildman–Crippen LogP) is 5.79. The molecular formula is C58H72N12O6. The van der Waals surface area contributed by atoms with Crippen LogP contribution in [-0.4, -0.2) is 152 Å². The Labute approximate surface area is 444 Å². The molecule has 18 heteroatoms. The Bertz CT molecular complexity index is 2930. The second-order valence-corrected chi connectivity index (χ2v) is 21.3. The summed E-state index contributed by atoms with van der Waals surface area (Å²) in [6, 6.07) is 17.0. The number of pyridine rings is 2. The fourth-order valence-electron chi connectivity index (χ4n) is 11.1. The summed E-state index contributed by atoms with van der Waals surface area (Å²) < 4.78 is 3.97. The number of carbonyl (C=O) groups excluding carboxylic acids is 6. The highest BCUT2D eigenvalue weighted by molar-refractivity contribution is 6.09. The molecule has 6 atom stereocenters. The smallest absolute Gasteiger partial charge is 0.256 e. The van der Waals surface area contributed by atoms with Gasteiger partial charge in [-0.1, -0.05) is 64.1 Å². The molecule has 6 amide bonds. The van der Waals surface area contributed by atoms with Gasteiger partial charge in [-0.3, -0.25) is 38.7 Å². The molecule has 4 aromatic heterocycles. The lowest BCUT2D eigenvalue weighted by molar-refractivity contribution is -0.139. The molecule has 0 unspecified atom stereocenters. The number of benzene rings is 2. The van der Waals surface area contributed by atoms with Gasteiger partial charge in [0.05, 0.1) is 70.1 Å². The van der Waals surface area contributed by atoms with Crippen molar-refractivity contribution >= 4 is 57.2 Å². The van der Waals surface area contributed by atoms with Gasteiger partial charge in [-0.25, -0.2) is 0 Å². The van der Waals surface area contributed by atoms with E-state index in [1.54, 1.807) is 52.7 Å². The summed E-state index contributed by atoms with van der Waals surface area (Å²) in [7, 11) is 3.43. The van der Waals surface area contributed by atoms with Crippen molar-refractivity contribution in [2.24, 2.45) is 11.8 Å². The first-order valence-corrected chi connectivity index (χ1v) is 26.9. The molecule has 0 aliphatic carbocycles.